The number of carbonyl (C=O) groups is 1. The third-order valence-electron chi connectivity index (χ3n) is 3.75. The number of hydrogen-bond donors (Lipinski definition) is 2. The molecule has 1 aliphatic heterocycles. The van der Waals surface area contributed by atoms with Crippen molar-refractivity contribution in [3.8, 4) is 0 Å². The third kappa shape index (κ3) is 5.54. The molecule has 0 spiro atoms. The first kappa shape index (κ1) is 17.2. The fourth-order valence-electron chi connectivity index (χ4n) is 2.46. The SMILES string of the molecule is CCCCNc1nncc(NC2CCN(C(=O)OCC)CC2)n1. The summed E-state index contributed by atoms with van der Waals surface area (Å²) >= 11 is 0. The lowest BCUT2D eigenvalue weighted by atomic mass is 10.1. The number of aromatic nitrogens is 3. The van der Waals surface area contributed by atoms with Gasteiger partial charge in [-0.05, 0) is 26.2 Å². The Balaban J connectivity index is 1.79. The maximum absolute atomic E-state index is 11.7. The van der Waals surface area contributed by atoms with Crippen LogP contribution in [-0.2, 0) is 4.74 Å². The summed E-state index contributed by atoms with van der Waals surface area (Å²) < 4.78 is 5.03. The predicted octanol–water partition coefficient (Wildman–Crippen LogP) is 2.12. The van der Waals surface area contributed by atoms with Gasteiger partial charge in [-0.1, -0.05) is 13.3 Å². The Bertz CT molecular complexity index is 491. The normalized spacial score (nSPS) is 15.3. The number of piperidine rings is 1. The van der Waals surface area contributed by atoms with Crippen molar-refractivity contribution >= 4 is 17.9 Å². The van der Waals surface area contributed by atoms with Gasteiger partial charge in [-0.2, -0.15) is 10.1 Å². The van der Waals surface area contributed by atoms with Gasteiger partial charge in [-0.3, -0.25) is 0 Å². The summed E-state index contributed by atoms with van der Waals surface area (Å²) in [6.45, 7) is 6.60. The van der Waals surface area contributed by atoms with Crippen LogP contribution in [0.2, 0.25) is 0 Å². The Hall–Kier alpha value is -2.12. The molecule has 1 fully saturated rings. The smallest absolute Gasteiger partial charge is 0.409 e. The molecular weight excluding hydrogens is 296 g/mol. The van der Waals surface area contributed by atoms with E-state index in [4.69, 9.17) is 4.74 Å². The van der Waals surface area contributed by atoms with Gasteiger partial charge >= 0.3 is 6.09 Å². The lowest BCUT2D eigenvalue weighted by molar-refractivity contribution is 0.0983. The quantitative estimate of drug-likeness (QED) is 0.743. The van der Waals surface area contributed by atoms with E-state index < -0.39 is 0 Å². The van der Waals surface area contributed by atoms with E-state index in [1.807, 2.05) is 6.92 Å². The summed E-state index contributed by atoms with van der Waals surface area (Å²) in [5.74, 6) is 1.26. The van der Waals surface area contributed by atoms with Crippen molar-refractivity contribution in [1.82, 2.24) is 20.1 Å². The maximum Gasteiger partial charge on any atom is 0.409 e. The fourth-order valence-corrected chi connectivity index (χ4v) is 2.46. The predicted molar refractivity (Wildman–Crippen MR) is 88.5 cm³/mol. The molecule has 8 nitrogen and oxygen atoms in total. The summed E-state index contributed by atoms with van der Waals surface area (Å²) in [5.41, 5.74) is 0. The topological polar surface area (TPSA) is 92.3 Å². The molecule has 128 valence electrons. The van der Waals surface area contributed by atoms with Gasteiger partial charge in [-0.15, -0.1) is 5.10 Å². The minimum atomic E-state index is -0.225. The van der Waals surface area contributed by atoms with Crippen LogP contribution in [0.3, 0.4) is 0 Å². The van der Waals surface area contributed by atoms with Crippen molar-refractivity contribution in [2.75, 3.05) is 36.9 Å². The largest absolute Gasteiger partial charge is 0.450 e. The molecule has 0 unspecified atom stereocenters. The molecule has 2 heterocycles. The molecule has 1 aliphatic rings. The van der Waals surface area contributed by atoms with Crippen LogP contribution in [-0.4, -0.2) is 58.5 Å². The Morgan fingerprint density at radius 3 is 2.87 bits per heavy atom. The van der Waals surface area contributed by atoms with Crippen molar-refractivity contribution in [3.05, 3.63) is 6.20 Å². The van der Waals surface area contributed by atoms with Gasteiger partial charge in [0.15, 0.2) is 5.82 Å². The molecule has 2 N–H and O–H groups in total. The zero-order valence-corrected chi connectivity index (χ0v) is 13.9. The van der Waals surface area contributed by atoms with E-state index in [0.29, 0.717) is 31.5 Å². The first-order valence-corrected chi connectivity index (χ1v) is 8.34. The van der Waals surface area contributed by atoms with E-state index in [-0.39, 0.29) is 12.1 Å². The van der Waals surface area contributed by atoms with E-state index >= 15 is 0 Å². The standard InChI is InChI=1S/C15H26N6O2/c1-3-5-8-16-14-19-13(11-17-20-14)18-12-6-9-21(10-7-12)15(22)23-4-2/h11-12H,3-10H2,1-2H3,(H2,16,18,19,20). The minimum absolute atomic E-state index is 0.225. The van der Waals surface area contributed by atoms with Crippen molar-refractivity contribution in [1.29, 1.82) is 0 Å². The Morgan fingerprint density at radius 1 is 1.39 bits per heavy atom. The highest BCUT2D eigenvalue weighted by Gasteiger charge is 2.23. The van der Waals surface area contributed by atoms with Gasteiger partial charge in [0.25, 0.3) is 0 Å². The highest BCUT2D eigenvalue weighted by molar-refractivity contribution is 5.67. The second kappa shape index (κ2) is 9.12. The number of unbranched alkanes of at least 4 members (excludes halogenated alkanes) is 1. The number of nitrogens with zero attached hydrogens (tertiary/aromatic N) is 4. The molecule has 0 atom stereocenters. The molecule has 1 aromatic rings. The number of hydrogen-bond acceptors (Lipinski definition) is 7. The highest BCUT2D eigenvalue weighted by Crippen LogP contribution is 2.16. The number of ether oxygens (including phenoxy) is 1. The Labute approximate surface area is 137 Å². The van der Waals surface area contributed by atoms with Crippen molar-refractivity contribution in [3.63, 3.8) is 0 Å². The second-order valence-electron chi connectivity index (χ2n) is 5.55. The minimum Gasteiger partial charge on any atom is -0.450 e. The first-order chi connectivity index (χ1) is 11.2. The zero-order chi connectivity index (χ0) is 16.5. The van der Waals surface area contributed by atoms with E-state index in [2.05, 4.69) is 32.7 Å². The van der Waals surface area contributed by atoms with E-state index in [1.54, 1.807) is 11.1 Å². The summed E-state index contributed by atoms with van der Waals surface area (Å²) in [7, 11) is 0. The molecule has 0 aromatic carbocycles. The zero-order valence-electron chi connectivity index (χ0n) is 13.9. The summed E-state index contributed by atoms with van der Waals surface area (Å²) in [6.07, 6.45) is 5.33. The molecule has 0 saturated carbocycles. The van der Waals surface area contributed by atoms with Gasteiger partial charge < -0.3 is 20.3 Å². The third-order valence-corrected chi connectivity index (χ3v) is 3.75. The molecule has 0 aliphatic carbocycles. The monoisotopic (exact) mass is 322 g/mol. The van der Waals surface area contributed by atoms with Crippen LogP contribution in [0.5, 0.6) is 0 Å². The molecule has 1 aromatic heterocycles. The molecule has 8 heteroatoms. The maximum atomic E-state index is 11.7. The highest BCUT2D eigenvalue weighted by atomic mass is 16.6. The van der Waals surface area contributed by atoms with E-state index in [1.165, 1.54) is 0 Å². The van der Waals surface area contributed by atoms with Crippen LogP contribution < -0.4 is 10.6 Å². The average Bonchev–Trinajstić information content (AvgIpc) is 2.56. The number of anilines is 2. The molecule has 23 heavy (non-hydrogen) atoms. The van der Waals surface area contributed by atoms with E-state index in [9.17, 15) is 4.79 Å². The van der Waals surface area contributed by atoms with Crippen LogP contribution in [0.25, 0.3) is 0 Å². The summed E-state index contributed by atoms with van der Waals surface area (Å²) in [4.78, 5) is 17.8. The summed E-state index contributed by atoms with van der Waals surface area (Å²) in [5, 5.41) is 14.5. The lowest BCUT2D eigenvalue weighted by Crippen LogP contribution is -2.42. The van der Waals surface area contributed by atoms with Gasteiger partial charge in [0.05, 0.1) is 12.8 Å². The van der Waals surface area contributed by atoms with E-state index in [0.717, 1.165) is 32.2 Å². The number of likely N-dealkylation sites (tertiary alicyclic amines) is 1. The molecule has 0 radical (unpaired) electrons. The number of rotatable bonds is 7. The van der Waals surface area contributed by atoms with Crippen LogP contribution in [0.4, 0.5) is 16.6 Å². The fraction of sp³-hybridized carbons (Fsp3) is 0.733. The Morgan fingerprint density at radius 2 is 2.17 bits per heavy atom. The average molecular weight is 322 g/mol. The first-order valence-electron chi connectivity index (χ1n) is 8.34. The van der Waals surface area contributed by atoms with Crippen molar-refractivity contribution < 1.29 is 9.53 Å². The lowest BCUT2D eigenvalue weighted by Gasteiger charge is -2.31. The van der Waals surface area contributed by atoms with Crippen LogP contribution in [0, 0.1) is 0 Å². The van der Waals surface area contributed by atoms with Gasteiger partial charge in [0.1, 0.15) is 0 Å². The second-order valence-corrected chi connectivity index (χ2v) is 5.55. The Kier molecular flexibility index (Phi) is 6.83. The van der Waals surface area contributed by atoms with Crippen molar-refractivity contribution in [2.45, 2.75) is 45.6 Å². The van der Waals surface area contributed by atoms with Crippen LogP contribution >= 0.6 is 0 Å². The number of carbonyl (C=O) groups excluding carboxylic acids is 1. The van der Waals surface area contributed by atoms with Crippen LogP contribution in [0.1, 0.15) is 39.5 Å². The van der Waals surface area contributed by atoms with Crippen LogP contribution in [0.15, 0.2) is 6.20 Å². The van der Waals surface area contributed by atoms with Gasteiger partial charge in [-0.25, -0.2) is 4.79 Å². The molecule has 0 bridgehead atoms. The summed E-state index contributed by atoms with van der Waals surface area (Å²) in [6, 6.07) is 0.279. The molecule has 1 saturated heterocycles. The molecular formula is C15H26N6O2. The van der Waals surface area contributed by atoms with Gasteiger partial charge in [0, 0.05) is 25.7 Å². The van der Waals surface area contributed by atoms with Gasteiger partial charge in [0.2, 0.25) is 5.95 Å². The molecule has 1 amide bonds. The number of nitrogens with one attached hydrogen (secondary N) is 2. The van der Waals surface area contributed by atoms with Crippen molar-refractivity contribution in [2.24, 2.45) is 0 Å². The number of amides is 1. The molecule has 2 rings (SSSR count).